The molecule has 0 spiro atoms. The van der Waals surface area contributed by atoms with Crippen molar-refractivity contribution < 1.29 is 4.74 Å². The van der Waals surface area contributed by atoms with E-state index in [9.17, 15) is 0 Å². The molecular weight excluding hydrogens is 218 g/mol. The summed E-state index contributed by atoms with van der Waals surface area (Å²) < 4.78 is 6.63. The van der Waals surface area contributed by atoms with E-state index >= 15 is 0 Å². The molecule has 0 bridgehead atoms. The van der Waals surface area contributed by atoms with Crippen LogP contribution in [0.4, 0.5) is 0 Å². The summed E-state index contributed by atoms with van der Waals surface area (Å²) in [6, 6.07) is 3.94. The van der Waals surface area contributed by atoms with Gasteiger partial charge in [-0.1, -0.05) is 18.5 Å². The summed E-state index contributed by atoms with van der Waals surface area (Å²) in [6.45, 7) is 6.03. The minimum absolute atomic E-state index is 0.343. The molecule has 0 aromatic carbocycles. The number of thiophene rings is 1. The quantitative estimate of drug-likeness (QED) is 0.803. The van der Waals surface area contributed by atoms with Gasteiger partial charge >= 0.3 is 0 Å². The maximum Gasteiger partial charge on any atom is 0.151 e. The fourth-order valence-corrected chi connectivity index (χ4v) is 2.64. The van der Waals surface area contributed by atoms with E-state index in [4.69, 9.17) is 16.3 Å². The monoisotopic (exact) mass is 231 g/mol. The third kappa shape index (κ3) is 1.96. The van der Waals surface area contributed by atoms with Gasteiger partial charge in [0.15, 0.2) is 5.72 Å². The van der Waals surface area contributed by atoms with Gasteiger partial charge in [-0.25, -0.2) is 0 Å². The van der Waals surface area contributed by atoms with E-state index in [1.165, 1.54) is 0 Å². The van der Waals surface area contributed by atoms with Crippen molar-refractivity contribution in [3.8, 4) is 0 Å². The molecule has 1 fully saturated rings. The molecule has 14 heavy (non-hydrogen) atoms. The molecule has 2 rings (SSSR count). The average molecular weight is 232 g/mol. The molecule has 1 aromatic rings. The molecule has 1 aliphatic rings. The molecule has 1 aliphatic heterocycles. The first-order valence-electron chi connectivity index (χ1n) is 4.75. The Morgan fingerprint density at radius 1 is 1.64 bits per heavy atom. The lowest BCUT2D eigenvalue weighted by Crippen LogP contribution is -2.49. The lowest BCUT2D eigenvalue weighted by atomic mass is 10.1. The molecule has 0 radical (unpaired) electrons. The van der Waals surface area contributed by atoms with Crippen molar-refractivity contribution in [1.29, 1.82) is 0 Å². The van der Waals surface area contributed by atoms with Gasteiger partial charge in [-0.05, 0) is 25.0 Å². The van der Waals surface area contributed by atoms with Gasteiger partial charge in [-0.3, -0.25) is 5.32 Å². The molecule has 1 N–H and O–H groups in total. The molecule has 1 aromatic heterocycles. The van der Waals surface area contributed by atoms with Crippen LogP contribution in [0.5, 0.6) is 0 Å². The number of hydrogen-bond acceptors (Lipinski definition) is 3. The second-order valence-electron chi connectivity index (χ2n) is 3.93. The van der Waals surface area contributed by atoms with Gasteiger partial charge in [0.1, 0.15) is 0 Å². The first-order valence-corrected chi connectivity index (χ1v) is 5.94. The maximum absolute atomic E-state index is 5.91. The number of hydrogen-bond donors (Lipinski definition) is 1. The van der Waals surface area contributed by atoms with Crippen LogP contribution in [-0.2, 0) is 10.5 Å². The predicted octanol–water partition coefficient (Wildman–Crippen LogP) is 2.83. The van der Waals surface area contributed by atoms with Crippen LogP contribution in [0, 0.1) is 5.92 Å². The summed E-state index contributed by atoms with van der Waals surface area (Å²) in [7, 11) is 0. The Bertz CT molecular complexity index is 318. The standard InChI is InChI=1S/C10H14ClNOS/c1-7-5-12-10(2,13-6-7)8-3-4-9(11)14-8/h3-4,7,12H,5-6H2,1-2H3. The van der Waals surface area contributed by atoms with Crippen LogP contribution in [0.25, 0.3) is 0 Å². The van der Waals surface area contributed by atoms with Crippen LogP contribution in [0.1, 0.15) is 18.7 Å². The van der Waals surface area contributed by atoms with Crippen LogP contribution in [0.3, 0.4) is 0 Å². The highest BCUT2D eigenvalue weighted by atomic mass is 35.5. The number of rotatable bonds is 1. The fraction of sp³-hybridized carbons (Fsp3) is 0.600. The lowest BCUT2D eigenvalue weighted by Gasteiger charge is -2.37. The molecule has 0 aliphatic carbocycles. The number of nitrogens with one attached hydrogen (secondary N) is 1. The summed E-state index contributed by atoms with van der Waals surface area (Å²) in [5, 5.41) is 3.40. The molecule has 0 amide bonds. The Kier molecular flexibility index (Phi) is 2.84. The van der Waals surface area contributed by atoms with Gasteiger partial charge in [0.25, 0.3) is 0 Å². The third-order valence-electron chi connectivity index (χ3n) is 2.49. The number of halogens is 1. The van der Waals surface area contributed by atoms with Crippen molar-refractivity contribution in [3.63, 3.8) is 0 Å². The zero-order valence-corrected chi connectivity index (χ0v) is 9.91. The molecule has 2 atom stereocenters. The smallest absolute Gasteiger partial charge is 0.151 e. The van der Waals surface area contributed by atoms with Crippen LogP contribution >= 0.6 is 22.9 Å². The van der Waals surface area contributed by atoms with Gasteiger partial charge < -0.3 is 4.74 Å². The van der Waals surface area contributed by atoms with Crippen LogP contribution in [-0.4, -0.2) is 13.2 Å². The van der Waals surface area contributed by atoms with E-state index in [0.717, 1.165) is 22.4 Å². The lowest BCUT2D eigenvalue weighted by molar-refractivity contribution is -0.104. The largest absolute Gasteiger partial charge is 0.355 e. The topological polar surface area (TPSA) is 21.3 Å². The van der Waals surface area contributed by atoms with Crippen molar-refractivity contribution >= 4 is 22.9 Å². The Labute approximate surface area is 93.2 Å². The van der Waals surface area contributed by atoms with E-state index in [1.54, 1.807) is 11.3 Å². The molecular formula is C10H14ClNOS. The van der Waals surface area contributed by atoms with Gasteiger partial charge in [0.2, 0.25) is 0 Å². The second kappa shape index (κ2) is 3.81. The van der Waals surface area contributed by atoms with Gasteiger partial charge in [0, 0.05) is 6.54 Å². The second-order valence-corrected chi connectivity index (χ2v) is 5.65. The third-order valence-corrected chi connectivity index (χ3v) is 3.92. The molecule has 1 saturated heterocycles. The molecule has 2 nitrogen and oxygen atoms in total. The zero-order chi connectivity index (χ0) is 10.2. The zero-order valence-electron chi connectivity index (χ0n) is 8.34. The van der Waals surface area contributed by atoms with Crippen LogP contribution in [0.2, 0.25) is 4.34 Å². The molecule has 78 valence electrons. The van der Waals surface area contributed by atoms with Gasteiger partial charge in [-0.15, -0.1) is 11.3 Å². The van der Waals surface area contributed by atoms with Gasteiger partial charge in [-0.2, -0.15) is 0 Å². The summed E-state index contributed by atoms with van der Waals surface area (Å²) >= 11 is 7.48. The highest BCUT2D eigenvalue weighted by molar-refractivity contribution is 7.16. The summed E-state index contributed by atoms with van der Waals surface area (Å²) in [5.41, 5.74) is -0.343. The normalized spacial score (nSPS) is 33.2. The van der Waals surface area contributed by atoms with Crippen molar-refractivity contribution in [1.82, 2.24) is 5.32 Å². The summed E-state index contributed by atoms with van der Waals surface area (Å²) in [6.07, 6.45) is 0. The minimum Gasteiger partial charge on any atom is -0.355 e. The van der Waals surface area contributed by atoms with Gasteiger partial charge in [0.05, 0.1) is 15.8 Å². The van der Waals surface area contributed by atoms with E-state index < -0.39 is 0 Å². The Balaban J connectivity index is 2.16. The van der Waals surface area contributed by atoms with Crippen molar-refractivity contribution in [2.75, 3.05) is 13.2 Å². The summed E-state index contributed by atoms with van der Waals surface area (Å²) in [4.78, 5) is 1.15. The average Bonchev–Trinajstić information content (AvgIpc) is 2.58. The van der Waals surface area contributed by atoms with E-state index in [0.29, 0.717) is 5.92 Å². The Hall–Kier alpha value is -0.0900. The minimum atomic E-state index is -0.343. The molecule has 4 heteroatoms. The van der Waals surface area contributed by atoms with Crippen molar-refractivity contribution in [2.24, 2.45) is 5.92 Å². The number of ether oxygens (including phenoxy) is 1. The molecule has 2 heterocycles. The van der Waals surface area contributed by atoms with E-state index in [-0.39, 0.29) is 5.72 Å². The van der Waals surface area contributed by atoms with Crippen LogP contribution < -0.4 is 5.32 Å². The first kappa shape index (κ1) is 10.4. The highest BCUT2D eigenvalue weighted by Crippen LogP contribution is 2.33. The van der Waals surface area contributed by atoms with Crippen molar-refractivity contribution in [3.05, 3.63) is 21.3 Å². The Morgan fingerprint density at radius 3 is 2.93 bits per heavy atom. The summed E-state index contributed by atoms with van der Waals surface area (Å²) in [5.74, 6) is 0.582. The maximum atomic E-state index is 5.91. The first-order chi connectivity index (χ1) is 6.60. The van der Waals surface area contributed by atoms with Crippen LogP contribution in [0.15, 0.2) is 12.1 Å². The molecule has 2 unspecified atom stereocenters. The predicted molar refractivity (Wildman–Crippen MR) is 59.8 cm³/mol. The Morgan fingerprint density at radius 2 is 2.43 bits per heavy atom. The fourth-order valence-electron chi connectivity index (χ4n) is 1.52. The van der Waals surface area contributed by atoms with E-state index in [2.05, 4.69) is 19.2 Å². The molecule has 0 saturated carbocycles. The highest BCUT2D eigenvalue weighted by Gasteiger charge is 2.33. The van der Waals surface area contributed by atoms with Crippen molar-refractivity contribution in [2.45, 2.75) is 19.6 Å². The SMILES string of the molecule is CC1CNC(C)(c2ccc(Cl)s2)OC1. The van der Waals surface area contributed by atoms with E-state index in [1.807, 2.05) is 12.1 Å².